The molecule has 12 heteroatoms. The molecule has 0 saturated carbocycles. The zero-order valence-electron chi connectivity index (χ0n) is 18.6. The van der Waals surface area contributed by atoms with Gasteiger partial charge in [0.2, 0.25) is 0 Å². The lowest BCUT2D eigenvalue weighted by atomic mass is 10.0. The topological polar surface area (TPSA) is 114 Å². The average molecular weight is 558 g/mol. The number of hydrogen-bond acceptors (Lipinski definition) is 5. The number of thiophene rings is 1. The molecule has 0 unspecified atom stereocenters. The lowest BCUT2D eigenvalue weighted by Crippen LogP contribution is -2.17. The van der Waals surface area contributed by atoms with E-state index in [2.05, 4.69) is 20.5 Å². The van der Waals surface area contributed by atoms with Gasteiger partial charge < -0.3 is 11.1 Å². The van der Waals surface area contributed by atoms with Crippen molar-refractivity contribution in [1.82, 2.24) is 15.2 Å². The largest absolute Gasteiger partial charge is 0.365 e. The van der Waals surface area contributed by atoms with E-state index in [0.29, 0.717) is 37.8 Å². The van der Waals surface area contributed by atoms with Gasteiger partial charge in [-0.05, 0) is 35.4 Å². The van der Waals surface area contributed by atoms with Crippen molar-refractivity contribution in [3.8, 4) is 22.4 Å². The fraction of sp³-hybridized carbons (Fsp3) is 0.0400. The number of carbonyl (C=O) groups excluding carboxylic acids is 2. The Morgan fingerprint density at radius 3 is 2.43 bits per heavy atom. The minimum Gasteiger partial charge on any atom is -0.365 e. The van der Waals surface area contributed by atoms with E-state index in [1.165, 1.54) is 12.1 Å². The molecule has 7 nitrogen and oxygen atoms in total. The molecule has 0 bridgehead atoms. The molecule has 186 valence electrons. The van der Waals surface area contributed by atoms with Crippen LogP contribution < -0.4 is 11.1 Å². The fourth-order valence-corrected chi connectivity index (χ4v) is 5.10. The van der Waals surface area contributed by atoms with Gasteiger partial charge in [-0.3, -0.25) is 14.7 Å². The van der Waals surface area contributed by atoms with Crippen LogP contribution in [0.25, 0.3) is 32.6 Å². The zero-order chi connectivity index (χ0) is 26.3. The molecule has 5 aromatic rings. The highest BCUT2D eigenvalue weighted by atomic mass is 35.5. The van der Waals surface area contributed by atoms with Crippen LogP contribution in [0, 0.1) is 0 Å². The van der Waals surface area contributed by atoms with Gasteiger partial charge in [-0.15, -0.1) is 11.3 Å². The second-order valence-corrected chi connectivity index (χ2v) is 9.68. The first kappa shape index (κ1) is 24.8. The average Bonchev–Trinajstić information content (AvgIpc) is 3.51. The minimum absolute atomic E-state index is 0.0244. The molecule has 37 heavy (non-hydrogen) atoms. The van der Waals surface area contributed by atoms with Gasteiger partial charge in [-0.2, -0.15) is 5.10 Å². The van der Waals surface area contributed by atoms with Gasteiger partial charge in [0, 0.05) is 10.9 Å². The number of nitrogens with one attached hydrogen (secondary N) is 2. The Labute approximate surface area is 222 Å². The van der Waals surface area contributed by atoms with Crippen molar-refractivity contribution in [2.75, 3.05) is 5.32 Å². The summed E-state index contributed by atoms with van der Waals surface area (Å²) in [6.07, 6.45) is -2.84. The second kappa shape index (κ2) is 9.89. The van der Waals surface area contributed by atoms with Crippen LogP contribution in [0.4, 0.5) is 14.5 Å². The third-order valence-electron chi connectivity index (χ3n) is 5.49. The summed E-state index contributed by atoms with van der Waals surface area (Å²) in [5, 5.41) is 10.5. The first-order valence-corrected chi connectivity index (χ1v) is 12.2. The smallest absolute Gasteiger partial charge is 0.280 e. The molecule has 4 N–H and O–H groups in total. The number of halogens is 4. The molecule has 2 amide bonds. The number of carbonyl (C=O) groups is 2. The van der Waals surface area contributed by atoms with Gasteiger partial charge in [-0.1, -0.05) is 59.6 Å². The maximum Gasteiger partial charge on any atom is 0.280 e. The Bertz CT molecular complexity index is 1670. The summed E-state index contributed by atoms with van der Waals surface area (Å²) in [4.78, 5) is 29.6. The number of aromatic nitrogens is 3. The summed E-state index contributed by atoms with van der Waals surface area (Å²) in [5.41, 5.74) is 7.32. The van der Waals surface area contributed by atoms with Crippen LogP contribution in [-0.2, 0) is 0 Å². The van der Waals surface area contributed by atoms with Gasteiger partial charge in [-0.25, -0.2) is 13.8 Å². The van der Waals surface area contributed by atoms with Crippen LogP contribution in [0.5, 0.6) is 0 Å². The van der Waals surface area contributed by atoms with Crippen molar-refractivity contribution in [3.05, 3.63) is 87.0 Å². The van der Waals surface area contributed by atoms with E-state index < -0.39 is 23.9 Å². The minimum atomic E-state index is -2.84. The third-order valence-corrected chi connectivity index (χ3v) is 7.33. The standard InChI is InChI=1S/C25H15Cl2F2N5O2S/c26-14-7-6-12(8-15(14)27)16-10-18(34-33-16)24(36)32-20-19-13(11-4-2-1-3-5-11)9-17(22(28)29)31-25(19)37-21(20)23(30)35/h1-10,22H,(H2,30,35)(H,32,36)(H,33,34). The summed E-state index contributed by atoms with van der Waals surface area (Å²) in [6.45, 7) is 0. The van der Waals surface area contributed by atoms with E-state index in [1.807, 2.05) is 0 Å². The van der Waals surface area contributed by atoms with Gasteiger partial charge in [0.05, 0.1) is 21.4 Å². The molecule has 0 atom stereocenters. The number of anilines is 1. The van der Waals surface area contributed by atoms with Crippen LogP contribution >= 0.6 is 34.5 Å². The predicted octanol–water partition coefficient (Wildman–Crippen LogP) is 6.95. The summed E-state index contributed by atoms with van der Waals surface area (Å²) in [6, 6.07) is 16.4. The molecule has 0 fully saturated rings. The highest BCUT2D eigenvalue weighted by Gasteiger charge is 2.25. The molecule has 0 aliphatic carbocycles. The Hall–Kier alpha value is -3.86. The third kappa shape index (κ3) is 4.78. The van der Waals surface area contributed by atoms with Crippen LogP contribution in [0.1, 0.15) is 32.3 Å². The van der Waals surface area contributed by atoms with Crippen molar-refractivity contribution < 1.29 is 18.4 Å². The molecule has 0 aliphatic heterocycles. The van der Waals surface area contributed by atoms with Crippen molar-refractivity contribution in [1.29, 1.82) is 0 Å². The quantitative estimate of drug-likeness (QED) is 0.209. The van der Waals surface area contributed by atoms with E-state index in [0.717, 1.165) is 11.3 Å². The SMILES string of the molecule is NC(=O)c1sc2nc(C(F)F)cc(-c3ccccc3)c2c1NC(=O)c1cc(-c2ccc(Cl)c(Cl)c2)n[nH]1. The highest BCUT2D eigenvalue weighted by Crippen LogP contribution is 2.42. The normalized spacial score (nSPS) is 11.3. The Morgan fingerprint density at radius 2 is 1.76 bits per heavy atom. The number of rotatable bonds is 6. The molecule has 0 aliphatic rings. The van der Waals surface area contributed by atoms with E-state index in [9.17, 15) is 18.4 Å². The Morgan fingerprint density at radius 1 is 1.00 bits per heavy atom. The molecular formula is C25H15Cl2F2N5O2S. The van der Waals surface area contributed by atoms with E-state index in [-0.39, 0.29) is 21.1 Å². The number of aromatic amines is 1. The maximum absolute atomic E-state index is 13.6. The van der Waals surface area contributed by atoms with Crippen LogP contribution in [0.15, 0.2) is 60.7 Å². The fourth-order valence-electron chi connectivity index (χ4n) is 3.79. The molecule has 3 aromatic heterocycles. The molecule has 0 spiro atoms. The lowest BCUT2D eigenvalue weighted by molar-refractivity contribution is 0.100. The molecule has 3 heterocycles. The van der Waals surface area contributed by atoms with Crippen LogP contribution in [0.2, 0.25) is 10.0 Å². The molecule has 5 rings (SSSR count). The van der Waals surface area contributed by atoms with E-state index >= 15 is 0 Å². The summed E-state index contributed by atoms with van der Waals surface area (Å²) < 4.78 is 27.3. The lowest BCUT2D eigenvalue weighted by Gasteiger charge is -2.10. The number of alkyl halides is 2. The summed E-state index contributed by atoms with van der Waals surface area (Å²) >= 11 is 12.9. The zero-order valence-corrected chi connectivity index (χ0v) is 20.9. The number of pyridine rings is 1. The Balaban J connectivity index is 1.60. The van der Waals surface area contributed by atoms with Crippen LogP contribution in [0.3, 0.4) is 0 Å². The van der Waals surface area contributed by atoms with Gasteiger partial charge in [0.15, 0.2) is 0 Å². The number of primary amides is 1. The first-order chi connectivity index (χ1) is 17.7. The molecule has 2 aromatic carbocycles. The molecule has 0 saturated heterocycles. The number of hydrogen-bond donors (Lipinski definition) is 3. The number of fused-ring (bicyclic) bond motifs is 1. The molecular weight excluding hydrogens is 543 g/mol. The summed E-state index contributed by atoms with van der Waals surface area (Å²) in [7, 11) is 0. The maximum atomic E-state index is 13.6. The molecule has 0 radical (unpaired) electrons. The summed E-state index contributed by atoms with van der Waals surface area (Å²) in [5.74, 6) is -1.46. The van der Waals surface area contributed by atoms with Gasteiger partial charge in [0.1, 0.15) is 21.1 Å². The number of nitrogens with zero attached hydrogens (tertiary/aromatic N) is 2. The number of H-pyrrole nitrogens is 1. The predicted molar refractivity (Wildman–Crippen MR) is 141 cm³/mol. The second-order valence-electron chi connectivity index (χ2n) is 7.86. The van der Waals surface area contributed by atoms with E-state index in [1.54, 1.807) is 48.5 Å². The Kier molecular flexibility index (Phi) is 6.63. The van der Waals surface area contributed by atoms with Crippen molar-refractivity contribution in [3.63, 3.8) is 0 Å². The van der Waals surface area contributed by atoms with E-state index in [4.69, 9.17) is 28.9 Å². The number of amides is 2. The number of benzene rings is 2. The van der Waals surface area contributed by atoms with Crippen LogP contribution in [-0.4, -0.2) is 27.0 Å². The highest BCUT2D eigenvalue weighted by molar-refractivity contribution is 7.21. The van der Waals surface area contributed by atoms with Crippen molar-refractivity contribution in [2.45, 2.75) is 6.43 Å². The monoisotopic (exact) mass is 557 g/mol. The van der Waals surface area contributed by atoms with Gasteiger partial charge >= 0.3 is 0 Å². The number of nitrogens with two attached hydrogens (primary N) is 1. The first-order valence-electron chi connectivity index (χ1n) is 10.7. The van der Waals surface area contributed by atoms with Crippen molar-refractivity contribution in [2.24, 2.45) is 5.73 Å². The van der Waals surface area contributed by atoms with Gasteiger partial charge in [0.25, 0.3) is 18.2 Å². The van der Waals surface area contributed by atoms with Crippen molar-refractivity contribution >= 4 is 62.3 Å².